The van der Waals surface area contributed by atoms with E-state index in [0.29, 0.717) is 17.9 Å². The molecule has 18 heavy (non-hydrogen) atoms. The average molecular weight is 265 g/mol. The summed E-state index contributed by atoms with van der Waals surface area (Å²) in [6.07, 6.45) is 11.9. The number of hydrogen-bond acceptors (Lipinski definition) is 2. The molecule has 2 unspecified atom stereocenters. The Kier molecular flexibility index (Phi) is 3.86. The van der Waals surface area contributed by atoms with Gasteiger partial charge in [-0.15, -0.1) is 0 Å². The van der Waals surface area contributed by atoms with Gasteiger partial charge in [-0.05, 0) is 58.5 Å². The molecule has 1 fully saturated rings. The van der Waals surface area contributed by atoms with Crippen molar-refractivity contribution in [2.45, 2.75) is 58.3 Å². The van der Waals surface area contributed by atoms with Gasteiger partial charge in [0, 0.05) is 11.6 Å². The zero-order valence-corrected chi connectivity index (χ0v) is 13.4. The minimum Gasteiger partial charge on any atom is -0.400 e. The molecule has 2 aliphatic rings. The molecular weight excluding hydrogens is 238 g/mol. The van der Waals surface area contributed by atoms with Crippen molar-refractivity contribution in [2.75, 3.05) is 0 Å². The van der Waals surface area contributed by atoms with Gasteiger partial charge in [0.05, 0.1) is 0 Å². The lowest BCUT2D eigenvalue weighted by Crippen LogP contribution is -2.57. The highest BCUT2D eigenvalue weighted by molar-refractivity contribution is 6.68. The molecule has 2 rings (SSSR count). The standard InChI is InChI=1S/C15H27NOSi/c1-15(2,3)16-18(4,5)17-14-10-12-8-6-7-9-13(12)11-14/h6-9,12-14,16H,10-11H2,1-5H3. The summed E-state index contributed by atoms with van der Waals surface area (Å²) >= 11 is 0. The van der Waals surface area contributed by atoms with Crippen molar-refractivity contribution in [1.82, 2.24) is 4.98 Å². The SMILES string of the molecule is CC(C)(C)N[Si](C)(C)OC1CC2C=CC=CC2C1. The van der Waals surface area contributed by atoms with Gasteiger partial charge >= 0.3 is 0 Å². The van der Waals surface area contributed by atoms with Gasteiger partial charge < -0.3 is 9.41 Å². The largest absolute Gasteiger partial charge is 0.400 e. The van der Waals surface area contributed by atoms with Crippen LogP contribution in [0.5, 0.6) is 0 Å². The molecular formula is C15H27NOSi. The van der Waals surface area contributed by atoms with Gasteiger partial charge in [-0.3, -0.25) is 0 Å². The highest BCUT2D eigenvalue weighted by Gasteiger charge is 2.37. The summed E-state index contributed by atoms with van der Waals surface area (Å²) in [5.74, 6) is 1.42. The molecule has 0 heterocycles. The fraction of sp³-hybridized carbons (Fsp3) is 0.733. The molecule has 0 saturated heterocycles. The number of fused-ring (bicyclic) bond motifs is 1. The molecule has 0 bridgehead atoms. The first-order chi connectivity index (χ1) is 8.25. The van der Waals surface area contributed by atoms with E-state index in [1.165, 1.54) is 12.8 Å². The molecule has 0 aliphatic heterocycles. The van der Waals surface area contributed by atoms with Gasteiger partial charge in [-0.25, -0.2) is 0 Å². The Labute approximate surface area is 113 Å². The zero-order valence-electron chi connectivity index (χ0n) is 12.4. The molecule has 2 aliphatic carbocycles. The first-order valence-corrected chi connectivity index (χ1v) is 9.98. The monoisotopic (exact) mass is 265 g/mol. The van der Waals surface area contributed by atoms with E-state index in [1.807, 2.05) is 0 Å². The summed E-state index contributed by atoms with van der Waals surface area (Å²) in [5, 5.41) is 0. The quantitative estimate of drug-likeness (QED) is 0.787. The van der Waals surface area contributed by atoms with Crippen LogP contribution in [0.4, 0.5) is 0 Å². The highest BCUT2D eigenvalue weighted by atomic mass is 28.4. The molecule has 3 heteroatoms. The van der Waals surface area contributed by atoms with E-state index in [2.05, 4.69) is 63.2 Å². The van der Waals surface area contributed by atoms with Gasteiger partial charge in [0.15, 0.2) is 0 Å². The van der Waals surface area contributed by atoms with Crippen LogP contribution in [-0.4, -0.2) is 20.1 Å². The first kappa shape index (κ1) is 14.0. The predicted octanol–water partition coefficient (Wildman–Crippen LogP) is 3.61. The molecule has 2 atom stereocenters. The van der Waals surface area contributed by atoms with Gasteiger partial charge in [-0.1, -0.05) is 24.3 Å². The summed E-state index contributed by atoms with van der Waals surface area (Å²) in [7, 11) is -1.77. The molecule has 0 aromatic rings. The van der Waals surface area contributed by atoms with E-state index in [-0.39, 0.29) is 5.54 Å². The van der Waals surface area contributed by atoms with Crippen molar-refractivity contribution in [2.24, 2.45) is 11.8 Å². The van der Waals surface area contributed by atoms with Crippen LogP contribution in [0.1, 0.15) is 33.6 Å². The summed E-state index contributed by atoms with van der Waals surface area (Å²) in [4.78, 5) is 3.68. The summed E-state index contributed by atoms with van der Waals surface area (Å²) in [6.45, 7) is 11.2. The van der Waals surface area contributed by atoms with Gasteiger partial charge in [-0.2, -0.15) is 0 Å². The maximum atomic E-state index is 6.43. The fourth-order valence-electron chi connectivity index (χ4n) is 3.35. The molecule has 0 aromatic heterocycles. The third-order valence-corrected chi connectivity index (χ3v) is 5.86. The van der Waals surface area contributed by atoms with Gasteiger partial charge in [0.1, 0.15) is 0 Å². The molecule has 0 radical (unpaired) electrons. The van der Waals surface area contributed by atoms with Crippen LogP contribution in [0.15, 0.2) is 24.3 Å². The Morgan fingerprint density at radius 1 is 1.06 bits per heavy atom. The van der Waals surface area contributed by atoms with Crippen molar-refractivity contribution >= 4 is 8.48 Å². The van der Waals surface area contributed by atoms with Gasteiger partial charge in [0.2, 0.25) is 0 Å². The lowest BCUT2D eigenvalue weighted by molar-refractivity contribution is 0.183. The van der Waals surface area contributed by atoms with Crippen LogP contribution in [0, 0.1) is 11.8 Å². The third kappa shape index (κ3) is 3.80. The Morgan fingerprint density at radius 3 is 2.00 bits per heavy atom. The summed E-state index contributed by atoms with van der Waals surface area (Å²) in [5.41, 5.74) is 0.140. The van der Waals surface area contributed by atoms with Crippen molar-refractivity contribution in [1.29, 1.82) is 0 Å². The fourth-order valence-corrected chi connectivity index (χ4v) is 6.25. The van der Waals surface area contributed by atoms with Crippen molar-refractivity contribution < 1.29 is 4.43 Å². The Morgan fingerprint density at radius 2 is 1.56 bits per heavy atom. The number of hydrogen-bond donors (Lipinski definition) is 1. The van der Waals surface area contributed by atoms with Crippen LogP contribution in [0.3, 0.4) is 0 Å². The Bertz CT molecular complexity index is 334. The van der Waals surface area contributed by atoms with E-state index in [4.69, 9.17) is 4.43 Å². The Balaban J connectivity index is 1.91. The van der Waals surface area contributed by atoms with Crippen molar-refractivity contribution in [3.05, 3.63) is 24.3 Å². The van der Waals surface area contributed by atoms with Crippen LogP contribution in [0.25, 0.3) is 0 Å². The topological polar surface area (TPSA) is 21.3 Å². The maximum Gasteiger partial charge on any atom is 0.263 e. The van der Waals surface area contributed by atoms with E-state index in [9.17, 15) is 0 Å². The van der Waals surface area contributed by atoms with Crippen LogP contribution in [0.2, 0.25) is 13.1 Å². The third-order valence-electron chi connectivity index (χ3n) is 3.59. The minimum absolute atomic E-state index is 0.140. The molecule has 1 saturated carbocycles. The number of nitrogens with one attached hydrogen (secondary N) is 1. The van der Waals surface area contributed by atoms with E-state index >= 15 is 0 Å². The van der Waals surface area contributed by atoms with E-state index in [0.717, 1.165) is 0 Å². The molecule has 2 nitrogen and oxygen atoms in total. The second kappa shape index (κ2) is 4.95. The Hall–Kier alpha value is -0.383. The zero-order chi connectivity index (χ0) is 13.4. The second-order valence-electron chi connectivity index (χ2n) is 7.19. The van der Waals surface area contributed by atoms with Crippen LogP contribution < -0.4 is 4.98 Å². The predicted molar refractivity (Wildman–Crippen MR) is 79.7 cm³/mol. The van der Waals surface area contributed by atoms with Crippen LogP contribution >= 0.6 is 0 Å². The van der Waals surface area contributed by atoms with Gasteiger partial charge in [0.25, 0.3) is 8.48 Å². The average Bonchev–Trinajstić information content (AvgIpc) is 2.53. The highest BCUT2D eigenvalue weighted by Crippen LogP contribution is 2.38. The minimum atomic E-state index is -1.77. The van der Waals surface area contributed by atoms with E-state index < -0.39 is 8.48 Å². The normalized spacial score (nSPS) is 31.7. The number of rotatable bonds is 3. The lowest BCUT2D eigenvalue weighted by Gasteiger charge is -2.34. The van der Waals surface area contributed by atoms with E-state index in [1.54, 1.807) is 0 Å². The molecule has 0 spiro atoms. The summed E-state index contributed by atoms with van der Waals surface area (Å²) in [6, 6.07) is 0. The van der Waals surface area contributed by atoms with Crippen molar-refractivity contribution in [3.8, 4) is 0 Å². The molecule has 1 N–H and O–H groups in total. The second-order valence-corrected chi connectivity index (χ2v) is 10.7. The molecule has 102 valence electrons. The smallest absolute Gasteiger partial charge is 0.263 e. The molecule has 0 amide bonds. The molecule has 0 aromatic carbocycles. The first-order valence-electron chi connectivity index (χ1n) is 7.07. The number of allylic oxidation sites excluding steroid dienone is 4. The summed E-state index contributed by atoms with van der Waals surface area (Å²) < 4.78 is 6.43. The van der Waals surface area contributed by atoms with Crippen molar-refractivity contribution in [3.63, 3.8) is 0 Å². The van der Waals surface area contributed by atoms with Crippen LogP contribution in [-0.2, 0) is 4.43 Å². The lowest BCUT2D eigenvalue weighted by atomic mass is 9.92. The maximum absolute atomic E-state index is 6.43.